The molecule has 0 spiro atoms. The minimum absolute atomic E-state index is 0.109. The van der Waals surface area contributed by atoms with Crippen LogP contribution in [0.5, 0.6) is 0 Å². The molecule has 1 aromatic carbocycles. The number of aliphatic hydroxyl groups excluding tert-OH is 1. The predicted molar refractivity (Wildman–Crippen MR) is 96.8 cm³/mol. The van der Waals surface area contributed by atoms with E-state index in [4.69, 9.17) is 11.6 Å². The molecule has 2 aromatic rings. The fraction of sp³-hybridized carbons (Fsp3) is 0.389. The number of rotatable bonds is 5. The SMILES string of the molecule is O=C(NC(O)C1CCCCC1)c1cc(Nc2cnccn2)ccc1Cl. The smallest absolute Gasteiger partial charge is 0.254 e. The highest BCUT2D eigenvalue weighted by Crippen LogP contribution is 2.27. The molecule has 3 N–H and O–H groups in total. The van der Waals surface area contributed by atoms with Gasteiger partial charge in [0.15, 0.2) is 0 Å². The lowest BCUT2D eigenvalue weighted by atomic mass is 9.88. The van der Waals surface area contributed by atoms with Crippen LogP contribution in [0.1, 0.15) is 42.5 Å². The van der Waals surface area contributed by atoms with E-state index in [2.05, 4.69) is 20.6 Å². The molecule has 1 amide bonds. The number of nitrogens with zero attached hydrogens (tertiary/aromatic N) is 2. The molecular weight excluding hydrogens is 340 g/mol. The highest BCUT2D eigenvalue weighted by atomic mass is 35.5. The summed E-state index contributed by atoms with van der Waals surface area (Å²) in [6.45, 7) is 0. The van der Waals surface area contributed by atoms with Crippen LogP contribution in [-0.4, -0.2) is 27.2 Å². The van der Waals surface area contributed by atoms with Crippen molar-refractivity contribution < 1.29 is 9.90 Å². The fourth-order valence-corrected chi connectivity index (χ4v) is 3.27. The summed E-state index contributed by atoms with van der Waals surface area (Å²) in [6.07, 6.45) is 9.14. The summed E-state index contributed by atoms with van der Waals surface area (Å²) in [5, 5.41) is 16.4. The van der Waals surface area contributed by atoms with E-state index in [9.17, 15) is 9.90 Å². The number of halogens is 1. The van der Waals surface area contributed by atoms with Gasteiger partial charge >= 0.3 is 0 Å². The lowest BCUT2D eigenvalue weighted by Gasteiger charge is -2.27. The van der Waals surface area contributed by atoms with Gasteiger partial charge in [-0.1, -0.05) is 30.9 Å². The molecule has 1 unspecified atom stereocenters. The Balaban J connectivity index is 1.69. The number of hydrogen-bond acceptors (Lipinski definition) is 5. The second-order valence-corrected chi connectivity index (χ2v) is 6.63. The Morgan fingerprint density at radius 3 is 2.76 bits per heavy atom. The zero-order chi connectivity index (χ0) is 17.6. The third-order valence-corrected chi connectivity index (χ3v) is 4.75. The number of benzene rings is 1. The van der Waals surface area contributed by atoms with Crippen LogP contribution in [0.2, 0.25) is 5.02 Å². The Morgan fingerprint density at radius 2 is 2.04 bits per heavy atom. The zero-order valence-corrected chi connectivity index (χ0v) is 14.5. The largest absolute Gasteiger partial charge is 0.373 e. The molecule has 6 nitrogen and oxygen atoms in total. The van der Waals surface area contributed by atoms with Gasteiger partial charge in [-0.05, 0) is 31.0 Å². The van der Waals surface area contributed by atoms with Crippen molar-refractivity contribution >= 4 is 29.0 Å². The van der Waals surface area contributed by atoms with Gasteiger partial charge in [0.25, 0.3) is 5.91 Å². The van der Waals surface area contributed by atoms with Crippen LogP contribution in [0, 0.1) is 5.92 Å². The summed E-state index contributed by atoms with van der Waals surface area (Å²) in [5.41, 5.74) is 0.979. The second-order valence-electron chi connectivity index (χ2n) is 6.23. The topological polar surface area (TPSA) is 87.1 Å². The van der Waals surface area contributed by atoms with E-state index in [0.29, 0.717) is 22.1 Å². The predicted octanol–water partition coefficient (Wildman–Crippen LogP) is 3.50. The summed E-state index contributed by atoms with van der Waals surface area (Å²) in [4.78, 5) is 20.6. The van der Waals surface area contributed by atoms with E-state index in [-0.39, 0.29) is 11.8 Å². The van der Waals surface area contributed by atoms with E-state index >= 15 is 0 Å². The maximum atomic E-state index is 12.5. The van der Waals surface area contributed by atoms with E-state index < -0.39 is 6.23 Å². The summed E-state index contributed by atoms with van der Waals surface area (Å²) in [6, 6.07) is 5.04. The van der Waals surface area contributed by atoms with Gasteiger partial charge < -0.3 is 15.7 Å². The van der Waals surface area contributed by atoms with Gasteiger partial charge in [-0.15, -0.1) is 0 Å². The fourth-order valence-electron chi connectivity index (χ4n) is 3.07. The third kappa shape index (κ3) is 4.67. The van der Waals surface area contributed by atoms with Crippen molar-refractivity contribution in [1.29, 1.82) is 0 Å². The van der Waals surface area contributed by atoms with Crippen LogP contribution in [0.15, 0.2) is 36.8 Å². The Kier molecular flexibility index (Phi) is 5.83. The van der Waals surface area contributed by atoms with Crippen LogP contribution in [-0.2, 0) is 0 Å². The van der Waals surface area contributed by atoms with Crippen molar-refractivity contribution in [2.75, 3.05) is 5.32 Å². The van der Waals surface area contributed by atoms with E-state index in [1.165, 1.54) is 6.42 Å². The van der Waals surface area contributed by atoms with Gasteiger partial charge in [0.1, 0.15) is 12.0 Å². The number of nitrogens with one attached hydrogen (secondary N) is 2. The van der Waals surface area contributed by atoms with Crippen LogP contribution in [0.3, 0.4) is 0 Å². The molecule has 0 bridgehead atoms. The Hall–Kier alpha value is -2.18. The van der Waals surface area contributed by atoms with E-state index in [1.807, 2.05) is 0 Å². The van der Waals surface area contributed by atoms with Gasteiger partial charge in [-0.3, -0.25) is 9.78 Å². The molecule has 1 heterocycles. The molecular formula is C18H21ClN4O2. The number of carbonyl (C=O) groups is 1. The van der Waals surface area contributed by atoms with Crippen molar-refractivity contribution in [2.45, 2.75) is 38.3 Å². The normalized spacial score (nSPS) is 16.2. The summed E-state index contributed by atoms with van der Waals surface area (Å²) in [5.74, 6) is 0.293. The van der Waals surface area contributed by atoms with Gasteiger partial charge in [0.05, 0.1) is 16.8 Å². The summed E-state index contributed by atoms with van der Waals surface area (Å²) >= 11 is 6.17. The number of carbonyl (C=O) groups excluding carboxylic acids is 1. The maximum Gasteiger partial charge on any atom is 0.254 e. The lowest BCUT2D eigenvalue weighted by molar-refractivity contribution is 0.0463. The minimum atomic E-state index is -0.847. The monoisotopic (exact) mass is 360 g/mol. The van der Waals surface area contributed by atoms with Crippen LogP contribution in [0.25, 0.3) is 0 Å². The number of anilines is 2. The highest BCUT2D eigenvalue weighted by molar-refractivity contribution is 6.34. The van der Waals surface area contributed by atoms with Crippen molar-refractivity contribution in [3.8, 4) is 0 Å². The van der Waals surface area contributed by atoms with Crippen molar-refractivity contribution in [2.24, 2.45) is 5.92 Å². The Labute approximate surface area is 151 Å². The highest BCUT2D eigenvalue weighted by Gasteiger charge is 2.24. The number of hydrogen-bond donors (Lipinski definition) is 3. The number of aliphatic hydroxyl groups is 1. The molecule has 1 saturated carbocycles. The van der Waals surface area contributed by atoms with E-state index in [1.54, 1.807) is 36.8 Å². The minimum Gasteiger partial charge on any atom is -0.373 e. The van der Waals surface area contributed by atoms with Crippen molar-refractivity contribution in [1.82, 2.24) is 15.3 Å². The van der Waals surface area contributed by atoms with Gasteiger partial charge in [-0.25, -0.2) is 4.98 Å². The Morgan fingerprint density at radius 1 is 1.24 bits per heavy atom. The first kappa shape index (κ1) is 17.6. The van der Waals surface area contributed by atoms with Crippen molar-refractivity contribution in [3.63, 3.8) is 0 Å². The van der Waals surface area contributed by atoms with Gasteiger partial charge in [0, 0.05) is 24.0 Å². The molecule has 132 valence electrons. The lowest BCUT2D eigenvalue weighted by Crippen LogP contribution is -2.41. The first-order chi connectivity index (χ1) is 12.1. The third-order valence-electron chi connectivity index (χ3n) is 4.42. The molecule has 1 aromatic heterocycles. The molecule has 1 aliphatic carbocycles. The molecule has 7 heteroatoms. The first-order valence-corrected chi connectivity index (χ1v) is 8.83. The maximum absolute atomic E-state index is 12.5. The zero-order valence-electron chi connectivity index (χ0n) is 13.8. The molecule has 0 radical (unpaired) electrons. The quantitative estimate of drug-likeness (QED) is 0.710. The van der Waals surface area contributed by atoms with Crippen LogP contribution < -0.4 is 10.6 Å². The van der Waals surface area contributed by atoms with E-state index in [0.717, 1.165) is 25.7 Å². The van der Waals surface area contributed by atoms with Gasteiger partial charge in [-0.2, -0.15) is 0 Å². The average Bonchev–Trinajstić information content (AvgIpc) is 2.65. The molecule has 1 fully saturated rings. The second kappa shape index (κ2) is 8.27. The molecule has 1 atom stereocenters. The Bertz CT molecular complexity index is 720. The molecule has 0 aliphatic heterocycles. The first-order valence-electron chi connectivity index (χ1n) is 8.45. The molecule has 1 aliphatic rings. The molecule has 0 saturated heterocycles. The van der Waals surface area contributed by atoms with Gasteiger partial charge in [0.2, 0.25) is 0 Å². The molecule has 25 heavy (non-hydrogen) atoms. The number of aromatic nitrogens is 2. The molecule has 3 rings (SSSR count). The average molecular weight is 361 g/mol. The van der Waals surface area contributed by atoms with Crippen LogP contribution >= 0.6 is 11.6 Å². The summed E-state index contributed by atoms with van der Waals surface area (Å²) in [7, 11) is 0. The van der Waals surface area contributed by atoms with Crippen LogP contribution in [0.4, 0.5) is 11.5 Å². The number of amides is 1. The standard InChI is InChI=1S/C18H21ClN4O2/c19-15-7-6-13(22-16-11-20-8-9-21-16)10-14(15)18(25)23-17(24)12-4-2-1-3-5-12/h6-12,17,24H,1-5H2,(H,21,22)(H,23,25). The summed E-state index contributed by atoms with van der Waals surface area (Å²) < 4.78 is 0. The van der Waals surface area contributed by atoms with Crippen molar-refractivity contribution in [3.05, 3.63) is 47.4 Å².